The molecular weight excluding hydrogens is 324 g/mol. The summed E-state index contributed by atoms with van der Waals surface area (Å²) in [4.78, 5) is 25.4. The maximum Gasteiger partial charge on any atom is 0.265 e. The predicted octanol–water partition coefficient (Wildman–Crippen LogP) is 2.48. The number of aromatic nitrogens is 2. The summed E-state index contributed by atoms with van der Waals surface area (Å²) in [5, 5.41) is 10.8. The lowest BCUT2D eigenvalue weighted by Gasteiger charge is -2.05. The van der Waals surface area contributed by atoms with Crippen molar-refractivity contribution < 1.29 is 9.59 Å². The van der Waals surface area contributed by atoms with Gasteiger partial charge in [0, 0.05) is 25.2 Å². The van der Waals surface area contributed by atoms with Gasteiger partial charge in [0.25, 0.3) is 5.91 Å². The first-order valence-electron chi connectivity index (χ1n) is 7.52. The van der Waals surface area contributed by atoms with Crippen molar-refractivity contribution in [3.05, 3.63) is 46.5 Å². The van der Waals surface area contributed by atoms with E-state index in [9.17, 15) is 9.59 Å². The molecule has 0 unspecified atom stereocenters. The lowest BCUT2D eigenvalue weighted by atomic mass is 10.1. The zero-order chi connectivity index (χ0) is 17.3. The number of nitrogens with zero attached hydrogens (tertiary/aromatic N) is 2. The second-order valence-corrected chi connectivity index (χ2v) is 6.57. The van der Waals surface area contributed by atoms with E-state index in [1.165, 1.54) is 11.3 Å². The summed E-state index contributed by atoms with van der Waals surface area (Å²) >= 11 is 1.42. The van der Waals surface area contributed by atoms with E-state index in [0.29, 0.717) is 17.0 Å². The van der Waals surface area contributed by atoms with Crippen LogP contribution in [0.4, 0.5) is 5.69 Å². The van der Waals surface area contributed by atoms with Crippen LogP contribution in [0.2, 0.25) is 0 Å². The van der Waals surface area contributed by atoms with E-state index < -0.39 is 0 Å². The summed E-state index contributed by atoms with van der Waals surface area (Å²) in [6.45, 7) is 1.93. The predicted molar refractivity (Wildman–Crippen MR) is 95.5 cm³/mol. The van der Waals surface area contributed by atoms with Crippen molar-refractivity contribution in [3.8, 4) is 0 Å². The summed E-state index contributed by atoms with van der Waals surface area (Å²) in [6, 6.07) is 9.15. The molecule has 0 saturated carbocycles. The minimum Gasteiger partial charge on any atom is -0.359 e. The quantitative estimate of drug-likeness (QED) is 0.765. The van der Waals surface area contributed by atoms with Crippen LogP contribution < -0.4 is 10.6 Å². The molecule has 24 heavy (non-hydrogen) atoms. The number of hydrogen-bond donors (Lipinski definition) is 2. The minimum absolute atomic E-state index is 0.0407. The molecule has 2 N–H and O–H groups in total. The maximum absolute atomic E-state index is 12.4. The number of thiophene rings is 1. The Hall–Kier alpha value is -2.67. The van der Waals surface area contributed by atoms with Gasteiger partial charge >= 0.3 is 0 Å². The number of rotatable bonds is 4. The van der Waals surface area contributed by atoms with Gasteiger partial charge in [-0.3, -0.25) is 14.3 Å². The maximum atomic E-state index is 12.4. The summed E-state index contributed by atoms with van der Waals surface area (Å²) in [6.07, 6.45) is 0.327. The molecule has 3 rings (SSSR count). The van der Waals surface area contributed by atoms with Gasteiger partial charge in [-0.2, -0.15) is 5.10 Å². The normalized spacial score (nSPS) is 10.8. The highest BCUT2D eigenvalue weighted by molar-refractivity contribution is 7.20. The van der Waals surface area contributed by atoms with Crippen molar-refractivity contribution in [1.82, 2.24) is 15.1 Å². The lowest BCUT2D eigenvalue weighted by molar-refractivity contribution is -0.119. The monoisotopic (exact) mass is 342 g/mol. The molecule has 7 heteroatoms. The summed E-state index contributed by atoms with van der Waals surface area (Å²) in [5.41, 5.74) is 2.52. The molecule has 0 aliphatic heterocycles. The van der Waals surface area contributed by atoms with Crippen LogP contribution in [0, 0.1) is 6.92 Å². The van der Waals surface area contributed by atoms with Crippen LogP contribution >= 0.6 is 11.3 Å². The Morgan fingerprint density at radius 3 is 2.58 bits per heavy atom. The van der Waals surface area contributed by atoms with Crippen LogP contribution in [-0.2, 0) is 18.3 Å². The molecule has 0 fully saturated rings. The van der Waals surface area contributed by atoms with Crippen molar-refractivity contribution >= 4 is 39.1 Å². The first kappa shape index (κ1) is 16.2. The standard InChI is InChI=1S/C17H18N4O2S/c1-10-13-9-14(24-17(13)21(3)20-10)16(23)19-12-6-4-11(5-7-12)8-15(22)18-2/h4-7,9H,8H2,1-3H3,(H,18,22)(H,19,23). The molecule has 1 aromatic carbocycles. The molecule has 0 aliphatic rings. The first-order valence-corrected chi connectivity index (χ1v) is 8.33. The third kappa shape index (κ3) is 3.16. The Labute approximate surface area is 143 Å². The van der Waals surface area contributed by atoms with Crippen molar-refractivity contribution in [2.24, 2.45) is 7.05 Å². The summed E-state index contributed by atoms with van der Waals surface area (Å²) < 4.78 is 1.79. The Kier molecular flexibility index (Phi) is 4.35. The molecule has 124 valence electrons. The number of fused-ring (bicyclic) bond motifs is 1. The molecule has 0 saturated heterocycles. The fourth-order valence-corrected chi connectivity index (χ4v) is 3.51. The van der Waals surface area contributed by atoms with Crippen LogP contribution in [0.1, 0.15) is 20.9 Å². The van der Waals surface area contributed by atoms with E-state index in [0.717, 1.165) is 21.5 Å². The van der Waals surface area contributed by atoms with Gasteiger partial charge in [-0.05, 0) is 30.7 Å². The van der Waals surface area contributed by atoms with Gasteiger partial charge in [-0.15, -0.1) is 11.3 Å². The van der Waals surface area contributed by atoms with E-state index in [1.807, 2.05) is 32.2 Å². The van der Waals surface area contributed by atoms with E-state index in [4.69, 9.17) is 0 Å². The molecule has 0 radical (unpaired) electrons. The molecule has 3 aromatic rings. The Bertz CT molecular complexity index is 874. The number of aryl methyl sites for hydroxylation is 2. The van der Waals surface area contributed by atoms with Crippen molar-refractivity contribution in [2.45, 2.75) is 13.3 Å². The third-order valence-corrected chi connectivity index (χ3v) is 4.98. The topological polar surface area (TPSA) is 76.0 Å². The highest BCUT2D eigenvalue weighted by Gasteiger charge is 2.15. The largest absolute Gasteiger partial charge is 0.359 e. The second kappa shape index (κ2) is 6.45. The molecular formula is C17H18N4O2S. The molecule has 2 amide bonds. The average molecular weight is 342 g/mol. The number of benzene rings is 1. The molecule has 2 aromatic heterocycles. The fourth-order valence-electron chi connectivity index (χ4n) is 2.49. The molecule has 0 bridgehead atoms. The molecule has 0 aliphatic carbocycles. The smallest absolute Gasteiger partial charge is 0.265 e. The molecule has 2 heterocycles. The first-order chi connectivity index (χ1) is 11.5. The second-order valence-electron chi connectivity index (χ2n) is 5.54. The van der Waals surface area contributed by atoms with Gasteiger partial charge < -0.3 is 10.6 Å². The van der Waals surface area contributed by atoms with E-state index >= 15 is 0 Å². The van der Waals surface area contributed by atoms with Crippen LogP contribution in [-0.4, -0.2) is 28.6 Å². The van der Waals surface area contributed by atoms with Gasteiger partial charge in [-0.25, -0.2) is 0 Å². The average Bonchev–Trinajstić information content (AvgIpc) is 3.11. The minimum atomic E-state index is -0.144. The Morgan fingerprint density at radius 1 is 1.25 bits per heavy atom. The molecule has 0 atom stereocenters. The van der Waals surface area contributed by atoms with Crippen molar-refractivity contribution in [2.75, 3.05) is 12.4 Å². The van der Waals surface area contributed by atoms with Crippen LogP contribution in [0.25, 0.3) is 10.2 Å². The van der Waals surface area contributed by atoms with Crippen molar-refractivity contribution in [1.29, 1.82) is 0 Å². The van der Waals surface area contributed by atoms with Gasteiger partial charge in [-0.1, -0.05) is 12.1 Å². The number of anilines is 1. The van der Waals surface area contributed by atoms with Crippen LogP contribution in [0.3, 0.4) is 0 Å². The fraction of sp³-hybridized carbons (Fsp3) is 0.235. The number of hydrogen-bond acceptors (Lipinski definition) is 4. The lowest BCUT2D eigenvalue weighted by Crippen LogP contribution is -2.19. The SMILES string of the molecule is CNC(=O)Cc1ccc(NC(=O)c2cc3c(C)nn(C)c3s2)cc1. The Morgan fingerprint density at radius 2 is 1.96 bits per heavy atom. The summed E-state index contributed by atoms with van der Waals surface area (Å²) in [7, 11) is 3.48. The Balaban J connectivity index is 1.73. The molecule has 6 nitrogen and oxygen atoms in total. The highest BCUT2D eigenvalue weighted by atomic mass is 32.1. The van der Waals surface area contributed by atoms with Gasteiger partial charge in [0.05, 0.1) is 17.0 Å². The highest BCUT2D eigenvalue weighted by Crippen LogP contribution is 2.28. The van der Waals surface area contributed by atoms with Gasteiger partial charge in [0.2, 0.25) is 5.91 Å². The van der Waals surface area contributed by atoms with E-state index in [-0.39, 0.29) is 11.8 Å². The van der Waals surface area contributed by atoms with Gasteiger partial charge in [0.15, 0.2) is 0 Å². The zero-order valence-corrected chi connectivity index (χ0v) is 14.5. The number of likely N-dealkylation sites (N-methyl/N-ethyl adjacent to an activating group) is 1. The van der Waals surface area contributed by atoms with Crippen LogP contribution in [0.5, 0.6) is 0 Å². The molecule has 0 spiro atoms. The number of nitrogens with one attached hydrogen (secondary N) is 2. The zero-order valence-electron chi connectivity index (χ0n) is 13.7. The number of amides is 2. The van der Waals surface area contributed by atoms with Gasteiger partial charge in [0.1, 0.15) is 4.83 Å². The van der Waals surface area contributed by atoms with Crippen molar-refractivity contribution in [3.63, 3.8) is 0 Å². The number of carbonyl (C=O) groups excluding carboxylic acids is 2. The van der Waals surface area contributed by atoms with E-state index in [2.05, 4.69) is 15.7 Å². The number of carbonyl (C=O) groups is 2. The van der Waals surface area contributed by atoms with Crippen LogP contribution in [0.15, 0.2) is 30.3 Å². The third-order valence-electron chi connectivity index (χ3n) is 3.78. The summed E-state index contributed by atoms with van der Waals surface area (Å²) in [5.74, 6) is -0.185. The van der Waals surface area contributed by atoms with E-state index in [1.54, 1.807) is 23.9 Å².